The van der Waals surface area contributed by atoms with Gasteiger partial charge in [0.15, 0.2) is 0 Å². The Bertz CT molecular complexity index is 739. The third-order valence-corrected chi connectivity index (χ3v) is 4.40. The maximum absolute atomic E-state index is 12.9. The van der Waals surface area contributed by atoms with Gasteiger partial charge in [-0.25, -0.2) is 4.39 Å². The first-order valence-electron chi connectivity index (χ1n) is 8.41. The lowest BCUT2D eigenvalue weighted by Crippen LogP contribution is -2.40. The second kappa shape index (κ2) is 10.5. The summed E-state index contributed by atoms with van der Waals surface area (Å²) in [6, 6.07) is 10.5. The lowest BCUT2D eigenvalue weighted by atomic mass is 10.3. The molecule has 1 atom stereocenters. The summed E-state index contributed by atoms with van der Waals surface area (Å²) < 4.78 is 18.3. The smallest absolute Gasteiger partial charge is 0.238 e. The van der Waals surface area contributed by atoms with Crippen molar-refractivity contribution in [3.05, 3.63) is 58.3 Å². The van der Waals surface area contributed by atoms with E-state index in [1.807, 2.05) is 6.92 Å². The molecule has 1 unspecified atom stereocenters. The van der Waals surface area contributed by atoms with Crippen molar-refractivity contribution in [3.8, 4) is 5.75 Å². The highest BCUT2D eigenvalue weighted by molar-refractivity contribution is 6.39. The van der Waals surface area contributed by atoms with Gasteiger partial charge in [0.1, 0.15) is 24.3 Å². The molecule has 5 nitrogen and oxygen atoms in total. The van der Waals surface area contributed by atoms with E-state index in [1.54, 1.807) is 23.1 Å². The van der Waals surface area contributed by atoms with Crippen molar-refractivity contribution in [1.82, 2.24) is 4.90 Å². The molecule has 1 amide bonds. The zero-order valence-corrected chi connectivity index (χ0v) is 16.3. The number of aliphatic hydroxyl groups excluding tert-OH is 1. The van der Waals surface area contributed by atoms with Gasteiger partial charge < -0.3 is 15.2 Å². The largest absolute Gasteiger partial charge is 0.491 e. The molecule has 2 rings (SSSR count). The van der Waals surface area contributed by atoms with Crippen molar-refractivity contribution in [2.45, 2.75) is 13.0 Å². The summed E-state index contributed by atoms with van der Waals surface area (Å²) in [7, 11) is 0. The summed E-state index contributed by atoms with van der Waals surface area (Å²) in [6.07, 6.45) is -0.813. The van der Waals surface area contributed by atoms with Crippen LogP contribution in [0.2, 0.25) is 10.0 Å². The number of aliphatic hydroxyl groups is 1. The normalized spacial score (nSPS) is 12.1. The molecule has 0 aliphatic carbocycles. The molecule has 2 aromatic rings. The maximum Gasteiger partial charge on any atom is 0.238 e. The number of para-hydroxylation sites is 1. The average molecular weight is 415 g/mol. The van der Waals surface area contributed by atoms with E-state index in [0.717, 1.165) is 0 Å². The summed E-state index contributed by atoms with van der Waals surface area (Å²) in [5, 5.41) is 13.5. The van der Waals surface area contributed by atoms with Gasteiger partial charge in [0.2, 0.25) is 5.91 Å². The molecule has 146 valence electrons. The van der Waals surface area contributed by atoms with Crippen LogP contribution in [-0.2, 0) is 4.79 Å². The van der Waals surface area contributed by atoms with E-state index < -0.39 is 6.10 Å². The van der Waals surface area contributed by atoms with Crippen LogP contribution in [0.25, 0.3) is 0 Å². The minimum Gasteiger partial charge on any atom is -0.491 e. The highest BCUT2D eigenvalue weighted by Gasteiger charge is 2.16. The van der Waals surface area contributed by atoms with Gasteiger partial charge in [-0.2, -0.15) is 0 Å². The van der Waals surface area contributed by atoms with Crippen LogP contribution in [0.15, 0.2) is 42.5 Å². The second-order valence-electron chi connectivity index (χ2n) is 5.89. The average Bonchev–Trinajstić information content (AvgIpc) is 2.64. The Morgan fingerprint density at radius 3 is 2.44 bits per heavy atom. The molecule has 0 aromatic heterocycles. The lowest BCUT2D eigenvalue weighted by Gasteiger charge is -2.23. The fourth-order valence-electron chi connectivity index (χ4n) is 2.38. The highest BCUT2D eigenvalue weighted by atomic mass is 35.5. The number of nitrogens with zero attached hydrogens (tertiary/aromatic N) is 1. The Balaban J connectivity index is 1.83. The molecule has 0 heterocycles. The molecule has 2 N–H and O–H groups in total. The SMILES string of the molecule is CCN(CC(=O)Nc1c(Cl)cccc1Cl)CC(O)COc1ccc(F)cc1. The van der Waals surface area contributed by atoms with E-state index in [9.17, 15) is 14.3 Å². The van der Waals surface area contributed by atoms with Crippen LogP contribution < -0.4 is 10.1 Å². The van der Waals surface area contributed by atoms with E-state index in [1.165, 1.54) is 24.3 Å². The first kappa shape index (κ1) is 21.4. The summed E-state index contributed by atoms with van der Waals surface area (Å²) in [6.45, 7) is 2.76. The Hall–Kier alpha value is -1.86. The quantitative estimate of drug-likeness (QED) is 0.654. The molecule has 2 aromatic carbocycles. The number of ether oxygens (including phenoxy) is 1. The van der Waals surface area contributed by atoms with Crippen molar-refractivity contribution < 1.29 is 19.0 Å². The van der Waals surface area contributed by atoms with Gasteiger partial charge in [-0.05, 0) is 42.9 Å². The van der Waals surface area contributed by atoms with E-state index in [-0.39, 0.29) is 31.4 Å². The Kier molecular flexibility index (Phi) is 8.31. The van der Waals surface area contributed by atoms with Crippen molar-refractivity contribution in [2.24, 2.45) is 0 Å². The van der Waals surface area contributed by atoms with Gasteiger partial charge in [0.25, 0.3) is 0 Å². The van der Waals surface area contributed by atoms with Crippen LogP contribution >= 0.6 is 23.2 Å². The van der Waals surface area contributed by atoms with Crippen molar-refractivity contribution in [1.29, 1.82) is 0 Å². The number of carbonyl (C=O) groups is 1. The predicted molar refractivity (Wildman–Crippen MR) is 105 cm³/mol. The Labute approximate surface area is 167 Å². The van der Waals surface area contributed by atoms with Crippen LogP contribution in [0, 0.1) is 5.82 Å². The van der Waals surface area contributed by atoms with Gasteiger partial charge in [-0.1, -0.05) is 36.2 Å². The van der Waals surface area contributed by atoms with Gasteiger partial charge in [0.05, 0.1) is 22.3 Å². The lowest BCUT2D eigenvalue weighted by molar-refractivity contribution is -0.117. The molecule has 0 aliphatic rings. The maximum atomic E-state index is 12.9. The number of hydrogen-bond acceptors (Lipinski definition) is 4. The second-order valence-corrected chi connectivity index (χ2v) is 6.71. The summed E-state index contributed by atoms with van der Waals surface area (Å²) in [4.78, 5) is 14.0. The highest BCUT2D eigenvalue weighted by Crippen LogP contribution is 2.29. The van der Waals surface area contributed by atoms with Gasteiger partial charge in [0, 0.05) is 6.54 Å². The number of carbonyl (C=O) groups excluding carboxylic acids is 1. The van der Waals surface area contributed by atoms with Crippen LogP contribution in [0.3, 0.4) is 0 Å². The monoisotopic (exact) mass is 414 g/mol. The Morgan fingerprint density at radius 2 is 1.85 bits per heavy atom. The Morgan fingerprint density at radius 1 is 1.22 bits per heavy atom. The minimum atomic E-state index is -0.813. The predicted octanol–water partition coefficient (Wildman–Crippen LogP) is 3.83. The molecule has 0 radical (unpaired) electrons. The van der Waals surface area contributed by atoms with Crippen LogP contribution in [0.4, 0.5) is 10.1 Å². The molecular weight excluding hydrogens is 394 g/mol. The zero-order chi connectivity index (χ0) is 19.8. The molecule has 0 spiro atoms. The molecule has 0 fully saturated rings. The van der Waals surface area contributed by atoms with Crippen molar-refractivity contribution in [2.75, 3.05) is 31.6 Å². The van der Waals surface area contributed by atoms with E-state index in [2.05, 4.69) is 5.32 Å². The zero-order valence-electron chi connectivity index (χ0n) is 14.8. The number of nitrogens with one attached hydrogen (secondary N) is 1. The molecule has 0 saturated carbocycles. The van der Waals surface area contributed by atoms with E-state index in [0.29, 0.717) is 28.0 Å². The fourth-order valence-corrected chi connectivity index (χ4v) is 2.87. The standard InChI is InChI=1S/C19H21Cl2FN2O3/c1-2-24(10-14(25)12-27-15-8-6-13(22)7-9-15)11-18(26)23-19-16(20)4-3-5-17(19)21/h3-9,14,25H,2,10-12H2,1H3,(H,23,26). The van der Waals surface area contributed by atoms with Crippen LogP contribution in [0.5, 0.6) is 5.75 Å². The third-order valence-electron chi connectivity index (χ3n) is 3.77. The summed E-state index contributed by atoms with van der Waals surface area (Å²) in [5.74, 6) is -0.187. The molecule has 0 aliphatic heterocycles. The molecule has 8 heteroatoms. The van der Waals surface area contributed by atoms with Gasteiger partial charge in [-0.3, -0.25) is 9.69 Å². The molecule has 0 bridgehead atoms. The van der Waals surface area contributed by atoms with Crippen molar-refractivity contribution in [3.63, 3.8) is 0 Å². The van der Waals surface area contributed by atoms with Gasteiger partial charge >= 0.3 is 0 Å². The number of likely N-dealkylation sites (N-methyl/N-ethyl adjacent to an activating group) is 1. The molecule has 27 heavy (non-hydrogen) atoms. The van der Waals surface area contributed by atoms with Crippen LogP contribution in [-0.4, -0.2) is 48.3 Å². The number of amides is 1. The number of anilines is 1. The number of rotatable bonds is 9. The van der Waals surface area contributed by atoms with E-state index in [4.69, 9.17) is 27.9 Å². The fraction of sp³-hybridized carbons (Fsp3) is 0.316. The molecular formula is C19H21Cl2FN2O3. The van der Waals surface area contributed by atoms with Crippen molar-refractivity contribution >= 4 is 34.8 Å². The number of halogens is 3. The minimum absolute atomic E-state index is 0.0279. The number of hydrogen-bond donors (Lipinski definition) is 2. The summed E-state index contributed by atoms with van der Waals surface area (Å²) in [5.41, 5.74) is 0.363. The number of benzene rings is 2. The summed E-state index contributed by atoms with van der Waals surface area (Å²) >= 11 is 12.1. The van der Waals surface area contributed by atoms with Gasteiger partial charge in [-0.15, -0.1) is 0 Å². The first-order chi connectivity index (χ1) is 12.9. The van der Waals surface area contributed by atoms with E-state index >= 15 is 0 Å². The third kappa shape index (κ3) is 6.99. The van der Waals surface area contributed by atoms with Crippen LogP contribution in [0.1, 0.15) is 6.92 Å². The topological polar surface area (TPSA) is 61.8 Å². The first-order valence-corrected chi connectivity index (χ1v) is 9.17. The molecule has 0 saturated heterocycles.